The first kappa shape index (κ1) is 8.10. The lowest BCUT2D eigenvalue weighted by Crippen LogP contribution is -2.36. The first-order valence-corrected chi connectivity index (χ1v) is 4.47. The maximum atomic E-state index is 7.24. The summed E-state index contributed by atoms with van der Waals surface area (Å²) in [6.07, 6.45) is 1.29. The summed E-state index contributed by atoms with van der Waals surface area (Å²) in [4.78, 5) is 2.31. The molecule has 0 aliphatic carbocycles. The van der Waals surface area contributed by atoms with Gasteiger partial charge >= 0.3 is 0 Å². The second-order valence-electron chi connectivity index (χ2n) is 3.30. The molecule has 0 bridgehead atoms. The minimum absolute atomic E-state index is 0.134. The fourth-order valence-electron chi connectivity index (χ4n) is 1.43. The number of anilines is 1. The maximum Gasteiger partial charge on any atom is 0.122 e. The lowest BCUT2D eigenvalue weighted by Gasteiger charge is -2.33. The number of benzene rings is 1. The van der Waals surface area contributed by atoms with Crippen LogP contribution in [-0.2, 0) is 0 Å². The minimum atomic E-state index is 0.134. The Labute approximate surface area is 77.7 Å². The summed E-state index contributed by atoms with van der Waals surface area (Å²) in [5.74, 6) is 0.134. The van der Waals surface area contributed by atoms with Gasteiger partial charge in [-0.1, -0.05) is 0 Å². The molecule has 0 spiro atoms. The van der Waals surface area contributed by atoms with Gasteiger partial charge in [-0.3, -0.25) is 5.41 Å². The number of nitrogens with zero attached hydrogens (tertiary/aromatic N) is 1. The van der Waals surface area contributed by atoms with Gasteiger partial charge in [0.15, 0.2) is 0 Å². The highest BCUT2D eigenvalue weighted by atomic mass is 15.2. The molecule has 0 unspecified atom stereocenters. The summed E-state index contributed by atoms with van der Waals surface area (Å²) in [5, 5.41) is 7.24. The Morgan fingerprint density at radius 3 is 2.23 bits per heavy atom. The van der Waals surface area contributed by atoms with E-state index in [9.17, 15) is 0 Å². The average molecular weight is 175 g/mol. The minimum Gasteiger partial charge on any atom is -0.384 e. The second-order valence-corrected chi connectivity index (χ2v) is 3.30. The average Bonchev–Trinajstić information content (AvgIpc) is 2.02. The molecule has 1 heterocycles. The molecule has 0 saturated carbocycles. The second kappa shape index (κ2) is 3.09. The Morgan fingerprint density at radius 2 is 1.85 bits per heavy atom. The summed E-state index contributed by atoms with van der Waals surface area (Å²) in [6, 6.07) is 7.85. The van der Waals surface area contributed by atoms with Crippen molar-refractivity contribution in [3.8, 4) is 0 Å². The van der Waals surface area contributed by atoms with Crippen molar-refractivity contribution in [1.82, 2.24) is 0 Å². The van der Waals surface area contributed by atoms with Gasteiger partial charge in [0, 0.05) is 24.3 Å². The number of hydrogen-bond acceptors (Lipinski definition) is 2. The van der Waals surface area contributed by atoms with Crippen LogP contribution in [0.4, 0.5) is 5.69 Å². The van der Waals surface area contributed by atoms with Gasteiger partial charge in [-0.05, 0) is 30.7 Å². The van der Waals surface area contributed by atoms with Crippen molar-refractivity contribution >= 4 is 11.5 Å². The molecular formula is C10H13N3. The van der Waals surface area contributed by atoms with Gasteiger partial charge in [0.2, 0.25) is 0 Å². The van der Waals surface area contributed by atoms with Gasteiger partial charge in [-0.2, -0.15) is 0 Å². The zero-order chi connectivity index (χ0) is 9.26. The van der Waals surface area contributed by atoms with E-state index < -0.39 is 0 Å². The summed E-state index contributed by atoms with van der Waals surface area (Å²) < 4.78 is 0. The predicted octanol–water partition coefficient (Wildman–Crippen LogP) is 1.18. The zero-order valence-corrected chi connectivity index (χ0v) is 7.46. The Balaban J connectivity index is 2.17. The summed E-state index contributed by atoms with van der Waals surface area (Å²) >= 11 is 0. The SMILES string of the molecule is N=C(N)c1ccc(N2CCC2)cc1. The van der Waals surface area contributed by atoms with Gasteiger partial charge in [-0.25, -0.2) is 0 Å². The first-order valence-electron chi connectivity index (χ1n) is 4.47. The molecule has 68 valence electrons. The van der Waals surface area contributed by atoms with Crippen molar-refractivity contribution in [2.75, 3.05) is 18.0 Å². The Bertz CT molecular complexity index is 311. The van der Waals surface area contributed by atoms with Crippen LogP contribution in [0.1, 0.15) is 12.0 Å². The first-order chi connectivity index (χ1) is 6.27. The summed E-state index contributed by atoms with van der Waals surface area (Å²) in [7, 11) is 0. The molecule has 3 N–H and O–H groups in total. The monoisotopic (exact) mass is 175 g/mol. The molecule has 0 atom stereocenters. The molecular weight excluding hydrogens is 162 g/mol. The molecule has 3 heteroatoms. The van der Waals surface area contributed by atoms with Gasteiger partial charge in [0.05, 0.1) is 0 Å². The molecule has 3 nitrogen and oxygen atoms in total. The third kappa shape index (κ3) is 1.49. The lowest BCUT2D eigenvalue weighted by molar-refractivity contribution is 0.618. The van der Waals surface area contributed by atoms with E-state index in [0.717, 1.165) is 18.7 Å². The molecule has 1 aromatic rings. The van der Waals surface area contributed by atoms with E-state index in [1.165, 1.54) is 12.1 Å². The summed E-state index contributed by atoms with van der Waals surface area (Å²) in [6.45, 7) is 2.30. The van der Waals surface area contributed by atoms with Crippen molar-refractivity contribution in [3.63, 3.8) is 0 Å². The van der Waals surface area contributed by atoms with Crippen LogP contribution in [0.5, 0.6) is 0 Å². The molecule has 2 rings (SSSR count). The number of hydrogen-bond donors (Lipinski definition) is 2. The third-order valence-electron chi connectivity index (χ3n) is 2.40. The highest BCUT2D eigenvalue weighted by Crippen LogP contribution is 2.20. The van der Waals surface area contributed by atoms with Gasteiger partial charge in [0.25, 0.3) is 0 Å². The molecule has 1 aromatic carbocycles. The van der Waals surface area contributed by atoms with Crippen molar-refractivity contribution in [3.05, 3.63) is 29.8 Å². The van der Waals surface area contributed by atoms with Crippen molar-refractivity contribution in [2.24, 2.45) is 5.73 Å². The van der Waals surface area contributed by atoms with Crippen LogP contribution < -0.4 is 10.6 Å². The Kier molecular flexibility index (Phi) is 1.93. The standard InChI is InChI=1S/C10H13N3/c11-10(12)8-2-4-9(5-3-8)13-6-1-7-13/h2-5H,1,6-7H2,(H3,11,12). The van der Waals surface area contributed by atoms with Crippen molar-refractivity contribution in [2.45, 2.75) is 6.42 Å². The maximum absolute atomic E-state index is 7.24. The van der Waals surface area contributed by atoms with Crippen molar-refractivity contribution < 1.29 is 0 Å². The number of nitrogens with two attached hydrogens (primary N) is 1. The quantitative estimate of drug-likeness (QED) is 0.524. The van der Waals surface area contributed by atoms with Crippen LogP contribution in [0.15, 0.2) is 24.3 Å². The molecule has 0 aromatic heterocycles. The smallest absolute Gasteiger partial charge is 0.122 e. The molecule has 1 aliphatic rings. The largest absolute Gasteiger partial charge is 0.384 e. The highest BCUT2D eigenvalue weighted by Gasteiger charge is 2.13. The fourth-order valence-corrected chi connectivity index (χ4v) is 1.43. The van der Waals surface area contributed by atoms with Crippen LogP contribution in [0, 0.1) is 5.41 Å². The summed E-state index contributed by atoms with van der Waals surface area (Å²) in [5.41, 5.74) is 7.38. The van der Waals surface area contributed by atoms with Crippen LogP contribution in [0.25, 0.3) is 0 Å². The molecule has 1 saturated heterocycles. The van der Waals surface area contributed by atoms with E-state index >= 15 is 0 Å². The van der Waals surface area contributed by atoms with Gasteiger partial charge < -0.3 is 10.6 Å². The topological polar surface area (TPSA) is 53.1 Å². The number of nitrogen functional groups attached to an aromatic ring is 1. The van der Waals surface area contributed by atoms with Gasteiger partial charge in [-0.15, -0.1) is 0 Å². The number of amidine groups is 1. The van der Waals surface area contributed by atoms with Crippen molar-refractivity contribution in [1.29, 1.82) is 5.41 Å². The fraction of sp³-hybridized carbons (Fsp3) is 0.300. The molecule has 1 aliphatic heterocycles. The number of nitrogens with one attached hydrogen (secondary N) is 1. The third-order valence-corrected chi connectivity index (χ3v) is 2.40. The Hall–Kier alpha value is -1.51. The van der Waals surface area contributed by atoms with Crippen LogP contribution in [-0.4, -0.2) is 18.9 Å². The van der Waals surface area contributed by atoms with Crippen LogP contribution >= 0.6 is 0 Å². The van der Waals surface area contributed by atoms with E-state index in [1.807, 2.05) is 24.3 Å². The van der Waals surface area contributed by atoms with Crippen LogP contribution in [0.2, 0.25) is 0 Å². The van der Waals surface area contributed by atoms with E-state index in [4.69, 9.17) is 11.1 Å². The number of rotatable bonds is 2. The molecule has 1 fully saturated rings. The zero-order valence-electron chi connectivity index (χ0n) is 7.46. The molecule has 0 amide bonds. The highest BCUT2D eigenvalue weighted by molar-refractivity contribution is 5.95. The predicted molar refractivity (Wildman–Crippen MR) is 54.3 cm³/mol. The Morgan fingerprint density at radius 1 is 1.23 bits per heavy atom. The van der Waals surface area contributed by atoms with E-state index in [0.29, 0.717) is 0 Å². The normalized spacial score (nSPS) is 15.2. The lowest BCUT2D eigenvalue weighted by atomic mass is 10.1. The molecule has 13 heavy (non-hydrogen) atoms. The van der Waals surface area contributed by atoms with E-state index in [1.54, 1.807) is 0 Å². The van der Waals surface area contributed by atoms with E-state index in [2.05, 4.69) is 4.90 Å². The van der Waals surface area contributed by atoms with Crippen LogP contribution in [0.3, 0.4) is 0 Å². The molecule has 0 radical (unpaired) electrons. The van der Waals surface area contributed by atoms with E-state index in [-0.39, 0.29) is 5.84 Å². The van der Waals surface area contributed by atoms with Gasteiger partial charge in [0.1, 0.15) is 5.84 Å².